The summed E-state index contributed by atoms with van der Waals surface area (Å²) in [6.45, 7) is 0. The van der Waals surface area contributed by atoms with E-state index < -0.39 is 15.9 Å². The van der Waals surface area contributed by atoms with Gasteiger partial charge >= 0.3 is 0 Å². The van der Waals surface area contributed by atoms with Gasteiger partial charge in [0.1, 0.15) is 5.75 Å². The molecule has 0 bridgehead atoms. The summed E-state index contributed by atoms with van der Waals surface area (Å²) in [6, 6.07) is 10.6. The summed E-state index contributed by atoms with van der Waals surface area (Å²) >= 11 is 0. The smallest absolute Gasteiger partial charge is 0.264 e. The Morgan fingerprint density at radius 1 is 1.09 bits per heavy atom. The predicted octanol–water partition coefficient (Wildman–Crippen LogP) is 1.15. The zero-order valence-electron chi connectivity index (χ0n) is 12.6. The number of amides is 1. The van der Waals surface area contributed by atoms with Crippen LogP contribution in [0.3, 0.4) is 0 Å². The Bertz CT molecular complexity index is 788. The number of carbonyl (C=O) groups is 1. The number of nitrogens with one attached hydrogen (secondary N) is 1. The minimum Gasteiger partial charge on any atom is -0.497 e. The fraction of sp³-hybridized carbons (Fsp3) is 0.200. The number of methoxy groups -OCH3 is 2. The van der Waals surface area contributed by atoms with Crippen LogP contribution in [0, 0.1) is 0 Å². The van der Waals surface area contributed by atoms with Crippen molar-refractivity contribution in [1.82, 2.24) is 9.71 Å². The first-order valence-electron chi connectivity index (χ1n) is 6.64. The maximum atomic E-state index is 12.1. The van der Waals surface area contributed by atoms with E-state index in [0.29, 0.717) is 17.3 Å². The highest BCUT2D eigenvalue weighted by Gasteiger charge is 2.18. The van der Waals surface area contributed by atoms with Gasteiger partial charge in [0.15, 0.2) is 0 Å². The lowest BCUT2D eigenvalue weighted by atomic mass is 10.2. The maximum Gasteiger partial charge on any atom is 0.264 e. The normalized spacial score (nSPS) is 10.9. The van der Waals surface area contributed by atoms with Crippen molar-refractivity contribution in [3.05, 3.63) is 48.2 Å². The van der Waals surface area contributed by atoms with Crippen molar-refractivity contribution in [2.45, 2.75) is 11.3 Å². The monoisotopic (exact) mass is 336 g/mol. The molecule has 0 fully saturated rings. The van der Waals surface area contributed by atoms with Crippen LogP contribution in [0.5, 0.6) is 11.6 Å². The second-order valence-electron chi connectivity index (χ2n) is 4.55. The van der Waals surface area contributed by atoms with Crippen molar-refractivity contribution in [2.75, 3.05) is 14.2 Å². The third-order valence-electron chi connectivity index (χ3n) is 2.95. The van der Waals surface area contributed by atoms with E-state index in [4.69, 9.17) is 9.47 Å². The van der Waals surface area contributed by atoms with E-state index in [2.05, 4.69) is 4.98 Å². The van der Waals surface area contributed by atoms with Gasteiger partial charge in [-0.3, -0.25) is 4.79 Å². The van der Waals surface area contributed by atoms with Gasteiger partial charge in [-0.25, -0.2) is 18.1 Å². The lowest BCUT2D eigenvalue weighted by Crippen LogP contribution is -2.32. The molecule has 2 aromatic rings. The number of nitrogens with zero attached hydrogens (tertiary/aromatic N) is 1. The Hall–Kier alpha value is -2.61. The molecule has 2 rings (SSSR count). The van der Waals surface area contributed by atoms with Crippen LogP contribution in [-0.4, -0.2) is 33.5 Å². The largest absolute Gasteiger partial charge is 0.497 e. The minimum absolute atomic E-state index is 0.0229. The molecule has 0 aliphatic rings. The molecule has 0 aliphatic carbocycles. The number of ether oxygens (including phenoxy) is 2. The van der Waals surface area contributed by atoms with Gasteiger partial charge < -0.3 is 9.47 Å². The molecule has 1 aromatic carbocycles. The average Bonchev–Trinajstić information content (AvgIpc) is 2.54. The van der Waals surface area contributed by atoms with Gasteiger partial charge in [-0.05, 0) is 30.3 Å². The third-order valence-corrected chi connectivity index (χ3v) is 4.34. The van der Waals surface area contributed by atoms with Crippen molar-refractivity contribution < 1.29 is 22.7 Å². The Kier molecular flexibility index (Phi) is 5.17. The highest BCUT2D eigenvalue weighted by Crippen LogP contribution is 2.15. The lowest BCUT2D eigenvalue weighted by molar-refractivity contribution is -0.118. The van der Waals surface area contributed by atoms with Crippen molar-refractivity contribution >= 4 is 15.9 Å². The predicted molar refractivity (Wildman–Crippen MR) is 82.8 cm³/mol. The van der Waals surface area contributed by atoms with E-state index in [1.165, 1.54) is 38.5 Å². The Balaban J connectivity index is 2.08. The van der Waals surface area contributed by atoms with Gasteiger partial charge in [-0.15, -0.1) is 0 Å². The number of rotatable bonds is 6. The van der Waals surface area contributed by atoms with Gasteiger partial charge in [-0.1, -0.05) is 6.07 Å². The molecular formula is C15H16N2O5S. The molecule has 0 saturated carbocycles. The van der Waals surface area contributed by atoms with E-state index in [1.54, 1.807) is 18.2 Å². The van der Waals surface area contributed by atoms with Crippen LogP contribution in [0.4, 0.5) is 0 Å². The summed E-state index contributed by atoms with van der Waals surface area (Å²) in [5.74, 6) is 0.200. The van der Waals surface area contributed by atoms with E-state index in [-0.39, 0.29) is 11.3 Å². The first-order valence-corrected chi connectivity index (χ1v) is 8.12. The van der Waals surface area contributed by atoms with Crippen molar-refractivity contribution in [1.29, 1.82) is 0 Å². The van der Waals surface area contributed by atoms with Gasteiger partial charge in [-0.2, -0.15) is 0 Å². The molecule has 0 unspecified atom stereocenters. The van der Waals surface area contributed by atoms with E-state index in [9.17, 15) is 13.2 Å². The number of hydrogen-bond donors (Lipinski definition) is 1. The molecule has 23 heavy (non-hydrogen) atoms. The van der Waals surface area contributed by atoms with E-state index in [0.717, 1.165) is 0 Å². The third kappa shape index (κ3) is 4.43. The first-order chi connectivity index (χ1) is 10.9. The first kappa shape index (κ1) is 16.8. The maximum absolute atomic E-state index is 12.1. The number of benzene rings is 1. The SMILES string of the molecule is COc1ccc(S(=O)(=O)NC(=O)Cc2cccc(OC)n2)cc1. The Labute approximate surface area is 134 Å². The Morgan fingerprint density at radius 2 is 1.78 bits per heavy atom. The average molecular weight is 336 g/mol. The number of carbonyl (C=O) groups excluding carboxylic acids is 1. The van der Waals surface area contributed by atoms with Crippen LogP contribution < -0.4 is 14.2 Å². The molecule has 0 spiro atoms. The zero-order chi connectivity index (χ0) is 16.9. The summed E-state index contributed by atoms with van der Waals surface area (Å²) in [5.41, 5.74) is 0.409. The summed E-state index contributed by atoms with van der Waals surface area (Å²) in [6.07, 6.45) is -0.174. The van der Waals surface area contributed by atoms with E-state index in [1.807, 2.05) is 4.72 Å². The van der Waals surface area contributed by atoms with Crippen LogP contribution in [0.15, 0.2) is 47.4 Å². The van der Waals surface area contributed by atoms with Gasteiger partial charge in [0.25, 0.3) is 10.0 Å². The van der Waals surface area contributed by atoms with Gasteiger partial charge in [0.05, 0.1) is 31.2 Å². The highest BCUT2D eigenvalue weighted by atomic mass is 32.2. The number of sulfonamides is 1. The molecule has 1 aromatic heterocycles. The quantitative estimate of drug-likeness (QED) is 0.850. The number of aromatic nitrogens is 1. The molecule has 0 atom stereocenters. The van der Waals surface area contributed by atoms with Gasteiger partial charge in [0, 0.05) is 6.07 Å². The fourth-order valence-corrected chi connectivity index (χ4v) is 2.82. The molecule has 1 N–H and O–H groups in total. The molecule has 0 aliphatic heterocycles. The molecule has 0 radical (unpaired) electrons. The Morgan fingerprint density at radius 3 is 2.39 bits per heavy atom. The van der Waals surface area contributed by atoms with Crippen LogP contribution in [0.2, 0.25) is 0 Å². The van der Waals surface area contributed by atoms with Crippen molar-refractivity contribution in [2.24, 2.45) is 0 Å². The molecule has 7 nitrogen and oxygen atoms in total. The zero-order valence-corrected chi connectivity index (χ0v) is 13.5. The van der Waals surface area contributed by atoms with Crippen LogP contribution >= 0.6 is 0 Å². The van der Waals surface area contributed by atoms with Crippen LogP contribution in [0.25, 0.3) is 0 Å². The van der Waals surface area contributed by atoms with Crippen LogP contribution in [-0.2, 0) is 21.2 Å². The van der Waals surface area contributed by atoms with Crippen molar-refractivity contribution in [3.8, 4) is 11.6 Å². The summed E-state index contributed by atoms with van der Waals surface area (Å²) in [5, 5.41) is 0. The molecule has 122 valence electrons. The minimum atomic E-state index is -3.93. The summed E-state index contributed by atoms with van der Waals surface area (Å²) in [4.78, 5) is 16.0. The highest BCUT2D eigenvalue weighted by molar-refractivity contribution is 7.90. The standard InChI is InChI=1S/C15H16N2O5S/c1-21-12-6-8-13(9-7-12)23(19,20)17-14(18)10-11-4-3-5-15(16-11)22-2/h3-9H,10H2,1-2H3,(H,17,18). The molecule has 8 heteroatoms. The van der Waals surface area contributed by atoms with Crippen LogP contribution in [0.1, 0.15) is 5.69 Å². The molecule has 0 saturated heterocycles. The van der Waals surface area contributed by atoms with Gasteiger partial charge in [0.2, 0.25) is 11.8 Å². The molecule has 1 heterocycles. The molecule has 1 amide bonds. The second kappa shape index (κ2) is 7.10. The fourth-order valence-electron chi connectivity index (χ4n) is 1.83. The summed E-state index contributed by atoms with van der Waals surface area (Å²) < 4.78 is 36.2. The topological polar surface area (TPSA) is 94.6 Å². The van der Waals surface area contributed by atoms with Crippen molar-refractivity contribution in [3.63, 3.8) is 0 Å². The van der Waals surface area contributed by atoms with E-state index >= 15 is 0 Å². The number of hydrogen-bond acceptors (Lipinski definition) is 6. The molecular weight excluding hydrogens is 320 g/mol. The lowest BCUT2D eigenvalue weighted by Gasteiger charge is -2.08. The number of pyridine rings is 1. The second-order valence-corrected chi connectivity index (χ2v) is 6.23. The summed E-state index contributed by atoms with van der Waals surface area (Å²) in [7, 11) is -0.997.